The van der Waals surface area contributed by atoms with Gasteiger partial charge in [-0.05, 0) is 24.3 Å². The number of carbonyl (C=O) groups excluding carboxylic acids is 1. The number of carbonyl (C=O) groups is 1. The summed E-state index contributed by atoms with van der Waals surface area (Å²) in [7, 11) is 0. The lowest BCUT2D eigenvalue weighted by Gasteiger charge is -2.03. The lowest BCUT2D eigenvalue weighted by Crippen LogP contribution is -2.23. The molecule has 1 aromatic carbocycles. The van der Waals surface area contributed by atoms with Crippen LogP contribution in [0.2, 0.25) is 0 Å². The molecule has 0 aliphatic rings. The first-order valence-electron chi connectivity index (χ1n) is 6.31. The first-order chi connectivity index (χ1) is 10.2. The van der Waals surface area contributed by atoms with Gasteiger partial charge >= 0.3 is 0 Å². The number of thiophene rings is 1. The van der Waals surface area contributed by atoms with E-state index in [0.29, 0.717) is 17.1 Å². The largest absolute Gasteiger partial charge is 0.397 e. The predicted octanol–water partition coefficient (Wildman–Crippen LogP) is 3.57. The summed E-state index contributed by atoms with van der Waals surface area (Å²) in [5, 5.41) is 3.74. The number of pyridine rings is 1. The SMILES string of the molecule is Nc1c(C(=O)NCc2ccccn2)sc2cccc(Br)c12. The molecule has 106 valence electrons. The molecular weight excluding hydrogens is 350 g/mol. The molecule has 2 heterocycles. The number of anilines is 1. The van der Waals surface area contributed by atoms with Gasteiger partial charge in [0.15, 0.2) is 0 Å². The Morgan fingerprint density at radius 2 is 2.14 bits per heavy atom. The third-order valence-corrected chi connectivity index (χ3v) is 4.89. The predicted molar refractivity (Wildman–Crippen MR) is 89.3 cm³/mol. The molecule has 0 spiro atoms. The van der Waals surface area contributed by atoms with E-state index in [1.807, 2.05) is 36.4 Å². The van der Waals surface area contributed by atoms with Gasteiger partial charge in [0.2, 0.25) is 0 Å². The topological polar surface area (TPSA) is 68.0 Å². The number of benzene rings is 1. The van der Waals surface area contributed by atoms with Crippen LogP contribution < -0.4 is 11.1 Å². The van der Waals surface area contributed by atoms with E-state index in [2.05, 4.69) is 26.2 Å². The second-order valence-electron chi connectivity index (χ2n) is 4.46. The molecule has 0 saturated heterocycles. The molecule has 6 heteroatoms. The van der Waals surface area contributed by atoms with Crippen molar-refractivity contribution in [2.45, 2.75) is 6.54 Å². The van der Waals surface area contributed by atoms with Gasteiger partial charge in [-0.25, -0.2) is 0 Å². The third-order valence-electron chi connectivity index (χ3n) is 3.06. The number of amides is 1. The van der Waals surface area contributed by atoms with Gasteiger partial charge in [-0.3, -0.25) is 9.78 Å². The Hall–Kier alpha value is -1.92. The molecule has 0 fully saturated rings. The van der Waals surface area contributed by atoms with Crippen LogP contribution in [-0.2, 0) is 6.54 Å². The Morgan fingerprint density at radius 1 is 1.29 bits per heavy atom. The van der Waals surface area contributed by atoms with Crippen LogP contribution in [0.25, 0.3) is 10.1 Å². The Bertz CT molecular complexity index is 801. The van der Waals surface area contributed by atoms with E-state index in [9.17, 15) is 4.79 Å². The minimum atomic E-state index is -0.175. The van der Waals surface area contributed by atoms with Crippen LogP contribution in [0.3, 0.4) is 0 Å². The summed E-state index contributed by atoms with van der Waals surface area (Å²) in [6, 6.07) is 11.4. The van der Waals surface area contributed by atoms with Gasteiger partial charge in [0.05, 0.1) is 17.9 Å². The number of rotatable bonds is 3. The van der Waals surface area contributed by atoms with E-state index >= 15 is 0 Å². The van der Waals surface area contributed by atoms with Crippen molar-refractivity contribution in [2.75, 3.05) is 5.73 Å². The molecule has 0 atom stereocenters. The van der Waals surface area contributed by atoms with Crippen molar-refractivity contribution in [3.63, 3.8) is 0 Å². The number of fused-ring (bicyclic) bond motifs is 1. The van der Waals surface area contributed by atoms with E-state index in [1.54, 1.807) is 6.20 Å². The normalized spacial score (nSPS) is 10.7. The van der Waals surface area contributed by atoms with Crippen LogP contribution in [-0.4, -0.2) is 10.9 Å². The molecule has 2 aromatic heterocycles. The maximum absolute atomic E-state index is 12.3. The molecule has 3 aromatic rings. The zero-order valence-corrected chi connectivity index (χ0v) is 13.4. The van der Waals surface area contributed by atoms with Crippen molar-refractivity contribution in [1.82, 2.24) is 10.3 Å². The molecule has 0 aliphatic heterocycles. The maximum atomic E-state index is 12.3. The maximum Gasteiger partial charge on any atom is 0.263 e. The van der Waals surface area contributed by atoms with E-state index in [1.165, 1.54) is 11.3 Å². The average molecular weight is 362 g/mol. The zero-order valence-electron chi connectivity index (χ0n) is 11.0. The number of aromatic nitrogens is 1. The quantitative estimate of drug-likeness (QED) is 0.749. The van der Waals surface area contributed by atoms with Gasteiger partial charge in [-0.2, -0.15) is 0 Å². The summed E-state index contributed by atoms with van der Waals surface area (Å²) in [5.41, 5.74) is 7.44. The van der Waals surface area contributed by atoms with Crippen LogP contribution in [0.5, 0.6) is 0 Å². The second-order valence-corrected chi connectivity index (χ2v) is 6.37. The molecule has 4 nitrogen and oxygen atoms in total. The van der Waals surface area contributed by atoms with E-state index in [0.717, 1.165) is 20.3 Å². The highest BCUT2D eigenvalue weighted by Gasteiger charge is 2.17. The highest BCUT2D eigenvalue weighted by Crippen LogP contribution is 2.38. The Labute approximate surface area is 134 Å². The van der Waals surface area contributed by atoms with Crippen molar-refractivity contribution in [1.29, 1.82) is 0 Å². The fourth-order valence-corrected chi connectivity index (χ4v) is 3.83. The summed E-state index contributed by atoms with van der Waals surface area (Å²) in [6.07, 6.45) is 1.70. The van der Waals surface area contributed by atoms with Crippen molar-refractivity contribution in [3.05, 3.63) is 57.6 Å². The number of halogens is 1. The lowest BCUT2D eigenvalue weighted by atomic mass is 10.2. The van der Waals surface area contributed by atoms with Gasteiger partial charge in [-0.1, -0.05) is 28.1 Å². The first-order valence-corrected chi connectivity index (χ1v) is 7.92. The van der Waals surface area contributed by atoms with Crippen LogP contribution in [0.15, 0.2) is 47.1 Å². The van der Waals surface area contributed by atoms with Crippen LogP contribution >= 0.6 is 27.3 Å². The molecule has 3 rings (SSSR count). The second kappa shape index (κ2) is 5.83. The highest BCUT2D eigenvalue weighted by atomic mass is 79.9. The molecule has 0 saturated carbocycles. The fraction of sp³-hybridized carbons (Fsp3) is 0.0667. The summed E-state index contributed by atoms with van der Waals surface area (Å²) >= 11 is 4.86. The van der Waals surface area contributed by atoms with Crippen molar-refractivity contribution in [2.24, 2.45) is 0 Å². The number of nitrogen functional groups attached to an aromatic ring is 1. The average Bonchev–Trinajstić information content (AvgIpc) is 2.84. The zero-order chi connectivity index (χ0) is 14.8. The standard InChI is InChI=1S/C15H12BrN3OS/c16-10-5-3-6-11-12(10)13(17)14(21-11)15(20)19-8-9-4-1-2-7-18-9/h1-7H,8,17H2,(H,19,20). The Morgan fingerprint density at radius 3 is 2.86 bits per heavy atom. The number of nitrogens with one attached hydrogen (secondary N) is 1. The molecule has 0 aliphatic carbocycles. The first kappa shape index (κ1) is 14.0. The van der Waals surface area contributed by atoms with Gasteiger partial charge in [0.25, 0.3) is 5.91 Å². The van der Waals surface area contributed by atoms with E-state index in [-0.39, 0.29) is 5.91 Å². The molecule has 3 N–H and O–H groups in total. The monoisotopic (exact) mass is 361 g/mol. The molecule has 0 unspecified atom stereocenters. The van der Waals surface area contributed by atoms with Crippen molar-refractivity contribution in [3.8, 4) is 0 Å². The molecular formula is C15H12BrN3OS. The number of hydrogen-bond acceptors (Lipinski definition) is 4. The molecule has 21 heavy (non-hydrogen) atoms. The van der Waals surface area contributed by atoms with E-state index in [4.69, 9.17) is 5.73 Å². The van der Waals surface area contributed by atoms with Crippen LogP contribution in [0.1, 0.15) is 15.4 Å². The Balaban J connectivity index is 1.85. The number of hydrogen-bond donors (Lipinski definition) is 2. The lowest BCUT2D eigenvalue weighted by molar-refractivity contribution is 0.0955. The molecule has 1 amide bonds. The smallest absolute Gasteiger partial charge is 0.263 e. The van der Waals surface area contributed by atoms with Crippen molar-refractivity contribution >= 4 is 48.9 Å². The van der Waals surface area contributed by atoms with Crippen LogP contribution in [0.4, 0.5) is 5.69 Å². The van der Waals surface area contributed by atoms with Gasteiger partial charge in [0.1, 0.15) is 4.88 Å². The molecule has 0 radical (unpaired) electrons. The van der Waals surface area contributed by atoms with Crippen LogP contribution in [0, 0.1) is 0 Å². The fourth-order valence-electron chi connectivity index (χ4n) is 2.05. The number of nitrogens with zero attached hydrogens (tertiary/aromatic N) is 1. The summed E-state index contributed by atoms with van der Waals surface area (Å²) in [6.45, 7) is 0.383. The van der Waals surface area contributed by atoms with E-state index < -0.39 is 0 Å². The highest BCUT2D eigenvalue weighted by molar-refractivity contribution is 9.10. The third kappa shape index (κ3) is 2.77. The van der Waals surface area contributed by atoms with Gasteiger partial charge in [0, 0.05) is 20.8 Å². The Kier molecular flexibility index (Phi) is 3.90. The molecule has 0 bridgehead atoms. The van der Waals surface area contributed by atoms with Gasteiger partial charge in [-0.15, -0.1) is 11.3 Å². The summed E-state index contributed by atoms with van der Waals surface area (Å²) in [5.74, 6) is -0.175. The number of nitrogens with two attached hydrogens (primary N) is 1. The van der Waals surface area contributed by atoms with Crippen molar-refractivity contribution < 1.29 is 4.79 Å². The minimum absolute atomic E-state index is 0.175. The summed E-state index contributed by atoms with van der Waals surface area (Å²) < 4.78 is 1.89. The summed E-state index contributed by atoms with van der Waals surface area (Å²) in [4.78, 5) is 17.0. The van der Waals surface area contributed by atoms with Gasteiger partial charge < -0.3 is 11.1 Å². The minimum Gasteiger partial charge on any atom is -0.397 e.